The van der Waals surface area contributed by atoms with Crippen LogP contribution in [0.15, 0.2) is 0 Å². The molecule has 2 aliphatic heterocycles. The van der Waals surface area contributed by atoms with Crippen LogP contribution in [0.1, 0.15) is 71.1 Å². The van der Waals surface area contributed by atoms with E-state index >= 15 is 0 Å². The Morgan fingerprint density at radius 3 is 2.89 bits per heavy atom. The van der Waals surface area contributed by atoms with E-state index in [0.29, 0.717) is 12.5 Å². The van der Waals surface area contributed by atoms with Crippen molar-refractivity contribution < 1.29 is 9.90 Å². The van der Waals surface area contributed by atoms with Crippen molar-refractivity contribution in [3.63, 3.8) is 0 Å². The monoisotopic (exact) mass is 253 g/mol. The van der Waals surface area contributed by atoms with E-state index in [2.05, 4.69) is 6.92 Å². The van der Waals surface area contributed by atoms with Gasteiger partial charge in [-0.15, -0.1) is 0 Å². The number of carbonyl (C=O) groups excluding carboxylic acids is 1. The van der Waals surface area contributed by atoms with Crippen LogP contribution in [0.4, 0.5) is 0 Å². The number of amides is 1. The average Bonchev–Trinajstić information content (AvgIpc) is 2.54. The Morgan fingerprint density at radius 2 is 2.11 bits per heavy atom. The zero-order chi connectivity index (χ0) is 13.0. The number of nitrogens with zero attached hydrogens (tertiary/aromatic N) is 1. The molecule has 0 aromatic heterocycles. The smallest absolute Gasteiger partial charge is 0.223 e. The maximum Gasteiger partial charge on any atom is 0.223 e. The van der Waals surface area contributed by atoms with Crippen LogP contribution in [0.25, 0.3) is 0 Å². The molecule has 0 radical (unpaired) electrons. The number of hydrogen-bond acceptors (Lipinski definition) is 2. The molecular formula is C15H27NO2. The van der Waals surface area contributed by atoms with Crippen molar-refractivity contribution in [2.75, 3.05) is 0 Å². The molecule has 3 heteroatoms. The van der Waals surface area contributed by atoms with E-state index in [-0.39, 0.29) is 18.1 Å². The highest BCUT2D eigenvalue weighted by atomic mass is 16.3. The molecule has 1 N–H and O–H groups in total. The third kappa shape index (κ3) is 3.05. The van der Waals surface area contributed by atoms with Crippen LogP contribution < -0.4 is 0 Å². The average molecular weight is 253 g/mol. The van der Waals surface area contributed by atoms with Gasteiger partial charge in [0.25, 0.3) is 0 Å². The van der Waals surface area contributed by atoms with Gasteiger partial charge in [-0.25, -0.2) is 0 Å². The van der Waals surface area contributed by atoms with E-state index in [1.165, 1.54) is 25.7 Å². The summed E-state index contributed by atoms with van der Waals surface area (Å²) in [5.74, 6) is 0.287. The van der Waals surface area contributed by atoms with Crippen LogP contribution in [0.3, 0.4) is 0 Å². The molecule has 3 nitrogen and oxygen atoms in total. The number of fused-ring (bicyclic) bond motifs is 1. The second kappa shape index (κ2) is 6.55. The summed E-state index contributed by atoms with van der Waals surface area (Å²) in [4.78, 5) is 14.2. The molecule has 0 aromatic carbocycles. The van der Waals surface area contributed by atoms with E-state index in [1.54, 1.807) is 0 Å². The summed E-state index contributed by atoms with van der Waals surface area (Å²) in [5.41, 5.74) is 0. The molecule has 0 unspecified atom stereocenters. The fourth-order valence-corrected chi connectivity index (χ4v) is 3.55. The van der Waals surface area contributed by atoms with E-state index < -0.39 is 0 Å². The summed E-state index contributed by atoms with van der Waals surface area (Å²) in [6.07, 6.45) is 10.4. The van der Waals surface area contributed by atoms with Crippen molar-refractivity contribution in [3.8, 4) is 0 Å². The van der Waals surface area contributed by atoms with Crippen LogP contribution in [0, 0.1) is 0 Å². The number of carbonyl (C=O) groups is 1. The van der Waals surface area contributed by atoms with Crippen LogP contribution >= 0.6 is 0 Å². The second-order valence-corrected chi connectivity index (χ2v) is 5.92. The van der Waals surface area contributed by atoms with Gasteiger partial charge >= 0.3 is 0 Å². The predicted octanol–water partition coefficient (Wildman–Crippen LogP) is 2.86. The van der Waals surface area contributed by atoms with Crippen LogP contribution in [-0.2, 0) is 4.79 Å². The Morgan fingerprint density at radius 1 is 1.28 bits per heavy atom. The molecule has 2 fully saturated rings. The van der Waals surface area contributed by atoms with E-state index in [1.807, 2.05) is 4.90 Å². The number of hydrogen-bond donors (Lipinski definition) is 1. The van der Waals surface area contributed by atoms with Crippen molar-refractivity contribution in [3.05, 3.63) is 0 Å². The minimum absolute atomic E-state index is 0.121. The van der Waals surface area contributed by atoms with Gasteiger partial charge < -0.3 is 10.0 Å². The summed E-state index contributed by atoms with van der Waals surface area (Å²) in [6, 6.07) is 0.434. The van der Waals surface area contributed by atoms with Gasteiger partial charge in [0.05, 0.1) is 12.1 Å². The van der Waals surface area contributed by atoms with Crippen molar-refractivity contribution in [2.24, 2.45) is 0 Å². The van der Waals surface area contributed by atoms with Crippen molar-refractivity contribution in [1.29, 1.82) is 0 Å². The Balaban J connectivity index is 1.91. The first-order chi connectivity index (χ1) is 8.74. The van der Waals surface area contributed by atoms with E-state index in [9.17, 15) is 9.90 Å². The molecule has 2 aliphatic rings. The highest BCUT2D eigenvalue weighted by Gasteiger charge is 2.42. The van der Waals surface area contributed by atoms with Gasteiger partial charge in [-0.3, -0.25) is 4.79 Å². The van der Waals surface area contributed by atoms with Gasteiger partial charge in [0.1, 0.15) is 0 Å². The van der Waals surface area contributed by atoms with Crippen LogP contribution in [0.2, 0.25) is 0 Å². The molecule has 0 aliphatic carbocycles. The summed E-state index contributed by atoms with van der Waals surface area (Å²) >= 11 is 0. The lowest BCUT2D eigenvalue weighted by atomic mass is 10.0. The summed E-state index contributed by atoms with van der Waals surface area (Å²) in [6.45, 7) is 2.22. The number of unbranched alkanes of at least 4 members (excludes halogenated alkanes) is 3. The van der Waals surface area contributed by atoms with Gasteiger partial charge in [-0.05, 0) is 25.7 Å². The van der Waals surface area contributed by atoms with Gasteiger partial charge in [-0.1, -0.05) is 39.0 Å². The Bertz CT molecular complexity index is 280. The van der Waals surface area contributed by atoms with Gasteiger partial charge in [0, 0.05) is 12.5 Å². The third-order valence-corrected chi connectivity index (χ3v) is 4.53. The summed E-state index contributed by atoms with van der Waals surface area (Å²) in [7, 11) is 0. The normalized spacial score (nSPS) is 32.4. The largest absolute Gasteiger partial charge is 0.391 e. The topological polar surface area (TPSA) is 40.5 Å². The second-order valence-electron chi connectivity index (χ2n) is 5.92. The maximum absolute atomic E-state index is 12.2. The molecule has 2 saturated heterocycles. The summed E-state index contributed by atoms with van der Waals surface area (Å²) < 4.78 is 0. The Labute approximate surface area is 111 Å². The van der Waals surface area contributed by atoms with Gasteiger partial charge in [-0.2, -0.15) is 0 Å². The van der Waals surface area contributed by atoms with Crippen LogP contribution in [0.5, 0.6) is 0 Å². The molecule has 2 heterocycles. The molecule has 0 aromatic rings. The standard InChI is InChI=1S/C15H27NO2/c1-2-3-4-5-8-12-11-14(17)13-9-6-7-10-15(18)16(12)13/h12-14,17H,2-11H2,1H3/t12-,13-,14-/m1/s1. The lowest BCUT2D eigenvalue weighted by Crippen LogP contribution is -2.42. The fourth-order valence-electron chi connectivity index (χ4n) is 3.55. The molecule has 0 bridgehead atoms. The van der Waals surface area contributed by atoms with Gasteiger partial charge in [0.15, 0.2) is 0 Å². The van der Waals surface area contributed by atoms with E-state index in [0.717, 1.165) is 32.1 Å². The minimum Gasteiger partial charge on any atom is -0.391 e. The zero-order valence-electron chi connectivity index (χ0n) is 11.6. The summed E-state index contributed by atoms with van der Waals surface area (Å²) in [5, 5.41) is 10.1. The number of aliphatic hydroxyl groups excluding tert-OH is 1. The molecule has 2 rings (SSSR count). The van der Waals surface area contributed by atoms with Crippen molar-refractivity contribution in [2.45, 2.75) is 89.3 Å². The fraction of sp³-hybridized carbons (Fsp3) is 0.933. The Kier molecular flexibility index (Phi) is 5.04. The third-order valence-electron chi connectivity index (χ3n) is 4.53. The minimum atomic E-state index is -0.275. The Hall–Kier alpha value is -0.570. The molecule has 0 saturated carbocycles. The van der Waals surface area contributed by atoms with Crippen molar-refractivity contribution in [1.82, 2.24) is 4.90 Å². The van der Waals surface area contributed by atoms with Crippen LogP contribution in [-0.4, -0.2) is 34.1 Å². The number of aliphatic hydroxyl groups is 1. The lowest BCUT2D eigenvalue weighted by Gasteiger charge is -2.29. The number of rotatable bonds is 5. The predicted molar refractivity (Wildman–Crippen MR) is 72.3 cm³/mol. The quantitative estimate of drug-likeness (QED) is 0.765. The molecule has 104 valence electrons. The first-order valence-corrected chi connectivity index (χ1v) is 7.73. The van der Waals surface area contributed by atoms with Gasteiger partial charge in [0.2, 0.25) is 5.91 Å². The lowest BCUT2D eigenvalue weighted by molar-refractivity contribution is -0.134. The molecule has 0 spiro atoms. The molecule has 3 atom stereocenters. The first-order valence-electron chi connectivity index (χ1n) is 7.73. The highest BCUT2D eigenvalue weighted by Crippen LogP contribution is 2.34. The molecule has 18 heavy (non-hydrogen) atoms. The SMILES string of the molecule is CCCCCC[C@@H]1C[C@@H](O)[C@H]2CCCCC(=O)N12. The molecular weight excluding hydrogens is 226 g/mol. The molecule has 1 amide bonds. The van der Waals surface area contributed by atoms with Crippen molar-refractivity contribution >= 4 is 5.91 Å². The first kappa shape index (κ1) is 13.9. The maximum atomic E-state index is 12.2. The zero-order valence-corrected chi connectivity index (χ0v) is 11.6. The van der Waals surface area contributed by atoms with E-state index in [4.69, 9.17) is 0 Å². The highest BCUT2D eigenvalue weighted by molar-refractivity contribution is 5.77.